The van der Waals surface area contributed by atoms with Gasteiger partial charge in [-0.25, -0.2) is 19.7 Å². The third kappa shape index (κ3) is 5.62. The molecule has 0 fully saturated rings. The molecule has 2 aromatic heterocycles. The Morgan fingerprint density at radius 1 is 0.919 bits per heavy atom. The fourth-order valence-corrected chi connectivity index (χ4v) is 3.93. The highest BCUT2D eigenvalue weighted by atomic mass is 16.5. The molecule has 184 valence electrons. The molecule has 0 radical (unpaired) electrons. The molecule has 9 nitrogen and oxygen atoms in total. The van der Waals surface area contributed by atoms with Crippen molar-refractivity contribution in [2.45, 2.75) is 13.5 Å². The van der Waals surface area contributed by atoms with Crippen LogP contribution < -0.4 is 10.6 Å². The number of hydrogen-bond acceptors (Lipinski definition) is 7. The van der Waals surface area contributed by atoms with Gasteiger partial charge in [-0.2, -0.15) is 0 Å². The molecule has 2 heterocycles. The largest absolute Gasteiger partial charge is 0.463 e. The first-order valence-electron chi connectivity index (χ1n) is 11.8. The summed E-state index contributed by atoms with van der Waals surface area (Å²) in [4.78, 5) is 37.0. The Balaban J connectivity index is 1.39. The number of benzene rings is 3. The van der Waals surface area contributed by atoms with Crippen LogP contribution in [0.25, 0.3) is 21.9 Å². The first-order chi connectivity index (χ1) is 18.1. The van der Waals surface area contributed by atoms with Crippen LogP contribution in [0.15, 0.2) is 91.5 Å². The lowest BCUT2D eigenvalue weighted by atomic mass is 10.2. The van der Waals surface area contributed by atoms with Crippen LogP contribution in [0.2, 0.25) is 0 Å². The van der Waals surface area contributed by atoms with Gasteiger partial charge in [0.1, 0.15) is 12.1 Å². The van der Waals surface area contributed by atoms with Crippen molar-refractivity contribution in [1.82, 2.24) is 19.5 Å². The van der Waals surface area contributed by atoms with Crippen molar-refractivity contribution in [3.63, 3.8) is 0 Å². The number of nitrogens with one attached hydrogen (secondary N) is 2. The molecule has 0 aliphatic heterocycles. The molecule has 0 saturated heterocycles. The molecule has 0 atom stereocenters. The molecule has 0 unspecified atom stereocenters. The summed E-state index contributed by atoms with van der Waals surface area (Å²) >= 11 is 0. The predicted molar refractivity (Wildman–Crippen MR) is 143 cm³/mol. The van der Waals surface area contributed by atoms with Crippen molar-refractivity contribution in [2.24, 2.45) is 0 Å². The highest BCUT2D eigenvalue weighted by Crippen LogP contribution is 2.27. The molecule has 1 amide bonds. The first kappa shape index (κ1) is 23.7. The van der Waals surface area contributed by atoms with Gasteiger partial charge in [0.2, 0.25) is 5.91 Å². The van der Waals surface area contributed by atoms with Crippen molar-refractivity contribution in [1.29, 1.82) is 0 Å². The van der Waals surface area contributed by atoms with Gasteiger partial charge >= 0.3 is 5.97 Å². The van der Waals surface area contributed by atoms with Crippen molar-refractivity contribution in [3.05, 3.63) is 97.1 Å². The molecule has 0 spiro atoms. The second kappa shape index (κ2) is 10.7. The van der Waals surface area contributed by atoms with Crippen LogP contribution >= 0.6 is 0 Å². The maximum absolute atomic E-state index is 12.2. The van der Waals surface area contributed by atoms with Gasteiger partial charge in [-0.05, 0) is 48.9 Å². The van der Waals surface area contributed by atoms with Gasteiger partial charge in [0.25, 0.3) is 0 Å². The Labute approximate surface area is 212 Å². The number of nitrogens with zero attached hydrogens (tertiary/aromatic N) is 4. The third-order valence-corrected chi connectivity index (χ3v) is 5.64. The number of rotatable bonds is 8. The number of carbonyl (C=O) groups is 2. The lowest BCUT2D eigenvalue weighted by Gasteiger charge is -2.11. The number of anilines is 3. The van der Waals surface area contributed by atoms with Crippen molar-refractivity contribution in [3.8, 4) is 0 Å². The minimum atomic E-state index is -0.571. The molecular formula is C28H24N6O3. The number of ether oxygens (including phenoxy) is 1. The Bertz CT molecular complexity index is 1610. The zero-order valence-electron chi connectivity index (χ0n) is 20.1. The van der Waals surface area contributed by atoms with Crippen LogP contribution in [-0.4, -0.2) is 38.0 Å². The van der Waals surface area contributed by atoms with E-state index in [-0.39, 0.29) is 6.61 Å². The van der Waals surface area contributed by atoms with E-state index in [1.165, 1.54) is 11.9 Å². The smallest absolute Gasteiger partial charge is 0.330 e. The fourth-order valence-electron chi connectivity index (χ4n) is 3.93. The molecule has 5 aromatic rings. The summed E-state index contributed by atoms with van der Waals surface area (Å²) in [6, 6.07) is 21.5. The lowest BCUT2D eigenvalue weighted by molar-refractivity contribution is -0.137. The average molecular weight is 493 g/mol. The van der Waals surface area contributed by atoms with E-state index in [0.717, 1.165) is 34.3 Å². The molecule has 9 heteroatoms. The second-order valence-electron chi connectivity index (χ2n) is 8.22. The van der Waals surface area contributed by atoms with E-state index in [0.29, 0.717) is 23.6 Å². The van der Waals surface area contributed by atoms with Crippen LogP contribution in [0.1, 0.15) is 12.5 Å². The molecule has 3 aromatic carbocycles. The average Bonchev–Trinajstić information content (AvgIpc) is 3.30. The molecule has 37 heavy (non-hydrogen) atoms. The number of imidazole rings is 1. The van der Waals surface area contributed by atoms with E-state index in [2.05, 4.69) is 42.3 Å². The second-order valence-corrected chi connectivity index (χ2v) is 8.22. The Morgan fingerprint density at radius 2 is 1.73 bits per heavy atom. The SMILES string of the molecule is CCOC(=O)C=CC(=O)Nc1ccc2ncnc(Nc3ccc4ncn(Cc5ccccc5)c4c3)c2c1. The monoisotopic (exact) mass is 492 g/mol. The zero-order valence-corrected chi connectivity index (χ0v) is 20.1. The third-order valence-electron chi connectivity index (χ3n) is 5.64. The van der Waals surface area contributed by atoms with E-state index >= 15 is 0 Å². The molecule has 2 N–H and O–H groups in total. The number of esters is 1. The summed E-state index contributed by atoms with van der Waals surface area (Å²) in [5.74, 6) is -0.425. The van der Waals surface area contributed by atoms with Crippen LogP contribution in [0.4, 0.5) is 17.2 Å². The number of amides is 1. The van der Waals surface area contributed by atoms with E-state index in [9.17, 15) is 9.59 Å². The van der Waals surface area contributed by atoms with Crippen LogP contribution in [-0.2, 0) is 20.9 Å². The quantitative estimate of drug-likeness (QED) is 0.236. The molecule has 5 rings (SSSR count). The standard InChI is InChI=1S/C28H24N6O3/c1-2-37-27(36)13-12-26(35)32-20-8-10-23-22(14-20)28(30-17-29-23)33-21-9-11-24-25(15-21)34(18-31-24)16-19-6-4-3-5-7-19/h3-15,17-18H,2,16H2,1H3,(H,32,35)(H,29,30,33). The minimum absolute atomic E-state index is 0.244. The van der Waals surface area contributed by atoms with Crippen molar-refractivity contribution in [2.75, 3.05) is 17.2 Å². The highest BCUT2D eigenvalue weighted by molar-refractivity contribution is 6.04. The summed E-state index contributed by atoms with van der Waals surface area (Å²) in [5.41, 5.74) is 5.18. The summed E-state index contributed by atoms with van der Waals surface area (Å²) in [6.07, 6.45) is 5.56. The first-order valence-corrected chi connectivity index (χ1v) is 11.8. The van der Waals surface area contributed by atoms with Gasteiger partial charge in [0.15, 0.2) is 0 Å². The summed E-state index contributed by atoms with van der Waals surface area (Å²) in [5, 5.41) is 6.85. The molecule has 0 bridgehead atoms. The topological polar surface area (TPSA) is 111 Å². The van der Waals surface area contributed by atoms with Gasteiger partial charge < -0.3 is 19.9 Å². The van der Waals surface area contributed by atoms with Gasteiger partial charge in [-0.1, -0.05) is 30.3 Å². The van der Waals surface area contributed by atoms with E-state index < -0.39 is 11.9 Å². The van der Waals surface area contributed by atoms with E-state index in [4.69, 9.17) is 4.74 Å². The van der Waals surface area contributed by atoms with Gasteiger partial charge in [0, 0.05) is 35.5 Å². The number of fused-ring (bicyclic) bond motifs is 2. The van der Waals surface area contributed by atoms with Crippen LogP contribution in [0, 0.1) is 0 Å². The van der Waals surface area contributed by atoms with E-state index in [1.807, 2.05) is 42.7 Å². The van der Waals surface area contributed by atoms with Crippen molar-refractivity contribution >= 4 is 51.0 Å². The molecule has 0 aliphatic rings. The van der Waals surface area contributed by atoms with Gasteiger partial charge in [-0.15, -0.1) is 0 Å². The summed E-state index contributed by atoms with van der Waals surface area (Å²) in [6.45, 7) is 2.66. The van der Waals surface area contributed by atoms with Gasteiger partial charge in [0.05, 0.1) is 29.5 Å². The number of carbonyl (C=O) groups excluding carboxylic acids is 2. The Kier molecular flexibility index (Phi) is 6.84. The summed E-state index contributed by atoms with van der Waals surface area (Å²) < 4.78 is 6.90. The summed E-state index contributed by atoms with van der Waals surface area (Å²) in [7, 11) is 0. The van der Waals surface area contributed by atoms with Crippen LogP contribution in [0.3, 0.4) is 0 Å². The van der Waals surface area contributed by atoms with Crippen LogP contribution in [0.5, 0.6) is 0 Å². The highest BCUT2D eigenvalue weighted by Gasteiger charge is 2.10. The molecule has 0 aliphatic carbocycles. The molecular weight excluding hydrogens is 468 g/mol. The Hall–Kier alpha value is -5.05. The maximum Gasteiger partial charge on any atom is 0.330 e. The predicted octanol–water partition coefficient (Wildman–Crippen LogP) is 4.83. The van der Waals surface area contributed by atoms with E-state index in [1.54, 1.807) is 25.1 Å². The van der Waals surface area contributed by atoms with Crippen molar-refractivity contribution < 1.29 is 14.3 Å². The fraction of sp³-hybridized carbons (Fsp3) is 0.107. The maximum atomic E-state index is 12.2. The normalized spacial score (nSPS) is 11.2. The lowest BCUT2D eigenvalue weighted by Crippen LogP contribution is -2.09. The molecule has 0 saturated carbocycles. The zero-order chi connectivity index (χ0) is 25.6. The number of aromatic nitrogens is 4. The number of hydrogen-bond donors (Lipinski definition) is 2. The Morgan fingerprint density at radius 3 is 2.57 bits per heavy atom. The van der Waals surface area contributed by atoms with Gasteiger partial charge in [-0.3, -0.25) is 4.79 Å². The minimum Gasteiger partial charge on any atom is -0.463 e.